The molecule has 0 unspecified atom stereocenters. The van der Waals surface area contributed by atoms with E-state index >= 15 is 0 Å². The molecule has 0 radical (unpaired) electrons. The van der Waals surface area contributed by atoms with Crippen molar-refractivity contribution in [2.75, 3.05) is 18.5 Å². The van der Waals surface area contributed by atoms with Crippen molar-refractivity contribution < 1.29 is 0 Å². The lowest BCUT2D eigenvalue weighted by atomic mass is 10.1. The zero-order valence-corrected chi connectivity index (χ0v) is 16.2. The number of unbranched alkanes of at least 4 members (excludes halogenated alkanes) is 3. The van der Waals surface area contributed by atoms with Gasteiger partial charge in [-0.05, 0) is 37.3 Å². The third kappa shape index (κ3) is 6.66. The van der Waals surface area contributed by atoms with Crippen molar-refractivity contribution in [1.29, 1.82) is 0 Å². The number of hydrogen-bond acceptors (Lipinski definition) is 0. The summed E-state index contributed by atoms with van der Waals surface area (Å²) in [5.74, 6) is 2.74. The molecule has 0 saturated carbocycles. The Morgan fingerprint density at radius 3 is 1.68 bits per heavy atom. The summed E-state index contributed by atoms with van der Waals surface area (Å²) in [6.45, 7) is 9.33. The average Bonchev–Trinajstić information content (AvgIpc) is 2.56. The van der Waals surface area contributed by atoms with Gasteiger partial charge in [-0.25, -0.2) is 0 Å². The molecule has 0 bridgehead atoms. The Morgan fingerprint density at radius 1 is 0.818 bits per heavy atom. The van der Waals surface area contributed by atoms with E-state index in [9.17, 15) is 0 Å². The second-order valence-corrected chi connectivity index (χ2v) is 10.7. The first-order valence-electron chi connectivity index (χ1n) is 9.28. The third-order valence-corrected chi connectivity index (χ3v) is 9.12. The summed E-state index contributed by atoms with van der Waals surface area (Å²) in [7, 11) is -0.929. The van der Waals surface area contributed by atoms with Crippen LogP contribution in [0.25, 0.3) is 5.57 Å². The molecule has 0 atom stereocenters. The highest BCUT2D eigenvalue weighted by atomic mass is 31.2. The largest absolute Gasteiger partial charge is 0.0652 e. The first-order valence-corrected chi connectivity index (χ1v) is 11.7. The molecular weight excluding hydrogens is 283 g/mol. The van der Waals surface area contributed by atoms with Crippen LogP contribution in [0.1, 0.15) is 71.8 Å². The van der Waals surface area contributed by atoms with Crippen LogP contribution in [0.5, 0.6) is 0 Å². The molecule has 0 fully saturated rings. The van der Waals surface area contributed by atoms with Gasteiger partial charge >= 0.3 is 0 Å². The molecule has 0 aliphatic carbocycles. The molecule has 0 aromatic heterocycles. The summed E-state index contributed by atoms with van der Waals surface area (Å²) in [6, 6.07) is 11.0. The van der Waals surface area contributed by atoms with Crippen molar-refractivity contribution in [2.45, 2.75) is 66.2 Å². The third-order valence-electron chi connectivity index (χ3n) is 4.57. The van der Waals surface area contributed by atoms with Crippen LogP contribution < -0.4 is 0 Å². The van der Waals surface area contributed by atoms with Gasteiger partial charge in [-0.1, -0.05) is 70.4 Å². The van der Waals surface area contributed by atoms with Crippen molar-refractivity contribution in [3.8, 4) is 0 Å². The molecule has 1 rings (SSSR count). The summed E-state index contributed by atoms with van der Waals surface area (Å²) < 4.78 is 0. The Balaban J connectivity index is 3.03. The van der Waals surface area contributed by atoms with E-state index in [0.29, 0.717) is 0 Å². The Hall–Kier alpha value is -0.610. The molecule has 0 N–H and O–H groups in total. The molecule has 1 heteroatoms. The summed E-state index contributed by atoms with van der Waals surface area (Å²) >= 11 is 0. The number of benzene rings is 1. The van der Waals surface area contributed by atoms with E-state index < -0.39 is 7.26 Å². The number of rotatable bonds is 11. The molecule has 0 spiro atoms. The Kier molecular flexibility index (Phi) is 9.73. The topological polar surface area (TPSA) is 0 Å². The number of hydrogen-bond donors (Lipinski definition) is 0. The molecule has 124 valence electrons. The van der Waals surface area contributed by atoms with Crippen molar-refractivity contribution in [2.24, 2.45) is 0 Å². The predicted octanol–water partition coefficient (Wildman–Crippen LogP) is 7.47. The van der Waals surface area contributed by atoms with Gasteiger partial charge in [-0.3, -0.25) is 0 Å². The molecule has 0 aliphatic rings. The van der Waals surface area contributed by atoms with Gasteiger partial charge in [-0.15, -0.1) is 0 Å². The van der Waals surface area contributed by atoms with Gasteiger partial charge in [0, 0.05) is 7.26 Å². The van der Waals surface area contributed by atoms with Crippen molar-refractivity contribution in [3.63, 3.8) is 0 Å². The standard InChI is InChI=1S/C21H36P/c1-5-8-16-22(17-9-6-2,18-10-7-3)19-20(4)21-14-12-11-13-15-21/h11-15,19H,5-10,16-18H2,1-4H3/q+1. The van der Waals surface area contributed by atoms with Gasteiger partial charge in [0.1, 0.15) is 0 Å². The predicted molar refractivity (Wildman–Crippen MR) is 106 cm³/mol. The summed E-state index contributed by atoms with van der Waals surface area (Å²) in [6.07, 6.45) is 12.6. The Labute approximate surface area is 139 Å². The van der Waals surface area contributed by atoms with E-state index in [0.717, 1.165) is 0 Å². The fourth-order valence-electron chi connectivity index (χ4n) is 3.13. The van der Waals surface area contributed by atoms with E-state index in [1.807, 2.05) is 0 Å². The van der Waals surface area contributed by atoms with Gasteiger partial charge in [-0.2, -0.15) is 0 Å². The van der Waals surface area contributed by atoms with E-state index in [1.54, 1.807) is 0 Å². The molecule has 1 aromatic carbocycles. The van der Waals surface area contributed by atoms with Crippen molar-refractivity contribution in [1.82, 2.24) is 0 Å². The fourth-order valence-corrected chi connectivity index (χ4v) is 8.00. The maximum Gasteiger partial charge on any atom is 0.0635 e. The average molecular weight is 319 g/mol. The Bertz CT molecular complexity index is 397. The van der Waals surface area contributed by atoms with Crippen LogP contribution in [0.15, 0.2) is 36.1 Å². The van der Waals surface area contributed by atoms with Crippen LogP contribution in [-0.2, 0) is 0 Å². The first kappa shape index (κ1) is 19.4. The van der Waals surface area contributed by atoms with Crippen molar-refractivity contribution >= 4 is 12.8 Å². The minimum atomic E-state index is -0.929. The van der Waals surface area contributed by atoms with Gasteiger partial charge in [0.25, 0.3) is 0 Å². The van der Waals surface area contributed by atoms with Crippen molar-refractivity contribution in [3.05, 3.63) is 41.7 Å². The van der Waals surface area contributed by atoms with E-state index in [-0.39, 0.29) is 0 Å². The lowest BCUT2D eigenvalue weighted by molar-refractivity contribution is 0.840. The summed E-state index contributed by atoms with van der Waals surface area (Å²) in [5, 5.41) is 0. The lowest BCUT2D eigenvalue weighted by Gasteiger charge is -2.25. The maximum absolute atomic E-state index is 2.74. The quantitative estimate of drug-likeness (QED) is 0.371. The second kappa shape index (κ2) is 11.0. The van der Waals surface area contributed by atoms with Gasteiger partial charge in [0.15, 0.2) is 0 Å². The Morgan fingerprint density at radius 2 is 1.27 bits per heavy atom. The molecule has 0 amide bonds. The zero-order chi connectivity index (χ0) is 16.3. The molecule has 1 aromatic rings. The summed E-state index contributed by atoms with van der Waals surface area (Å²) in [4.78, 5) is 0. The van der Waals surface area contributed by atoms with Crippen LogP contribution in [0.2, 0.25) is 0 Å². The van der Waals surface area contributed by atoms with Gasteiger partial charge < -0.3 is 0 Å². The van der Waals surface area contributed by atoms with Crippen LogP contribution in [0, 0.1) is 0 Å². The maximum atomic E-state index is 2.74. The van der Waals surface area contributed by atoms with Crippen LogP contribution in [-0.4, -0.2) is 18.5 Å². The zero-order valence-electron chi connectivity index (χ0n) is 15.3. The highest BCUT2D eigenvalue weighted by Crippen LogP contribution is 2.63. The first-order chi connectivity index (χ1) is 10.7. The SMILES string of the molecule is CCCC[P+](C=C(C)c1ccccc1)(CCCC)CCCC. The highest BCUT2D eigenvalue weighted by Gasteiger charge is 2.33. The molecule has 0 heterocycles. The van der Waals surface area contributed by atoms with E-state index in [2.05, 4.69) is 63.8 Å². The van der Waals surface area contributed by atoms with Gasteiger partial charge in [0.2, 0.25) is 0 Å². The van der Waals surface area contributed by atoms with E-state index in [4.69, 9.17) is 0 Å². The lowest BCUT2D eigenvalue weighted by Crippen LogP contribution is -2.07. The highest BCUT2D eigenvalue weighted by molar-refractivity contribution is 7.79. The van der Waals surface area contributed by atoms with Crippen LogP contribution in [0.4, 0.5) is 0 Å². The minimum Gasteiger partial charge on any atom is -0.0652 e. The monoisotopic (exact) mass is 319 g/mol. The fraction of sp³-hybridized carbons (Fsp3) is 0.619. The molecule has 22 heavy (non-hydrogen) atoms. The minimum absolute atomic E-state index is 0.929. The number of allylic oxidation sites excluding steroid dienone is 1. The van der Waals surface area contributed by atoms with Crippen LogP contribution in [0.3, 0.4) is 0 Å². The molecular formula is C21H36P+. The second-order valence-electron chi connectivity index (χ2n) is 6.63. The smallest absolute Gasteiger partial charge is 0.0635 e. The normalized spacial score (nSPS) is 12.6. The molecule has 0 nitrogen and oxygen atoms in total. The molecule has 0 saturated heterocycles. The summed E-state index contributed by atoms with van der Waals surface area (Å²) in [5.41, 5.74) is 2.92. The molecule has 0 aliphatic heterocycles. The van der Waals surface area contributed by atoms with E-state index in [1.165, 1.54) is 68.1 Å². The van der Waals surface area contributed by atoms with Gasteiger partial charge in [0.05, 0.1) is 24.3 Å². The van der Waals surface area contributed by atoms with Crippen LogP contribution >= 0.6 is 7.26 Å².